The molecule has 13 heavy (non-hydrogen) atoms. The van der Waals surface area contributed by atoms with E-state index in [1.807, 2.05) is 0 Å². The number of alkyl halides is 6. The van der Waals surface area contributed by atoms with Gasteiger partial charge >= 0.3 is 17.8 Å². The second-order valence-electron chi connectivity index (χ2n) is 2.97. The molecule has 6 heteroatoms. The van der Waals surface area contributed by atoms with Crippen molar-refractivity contribution in [2.24, 2.45) is 0 Å². The fraction of sp³-hybridized carbons (Fsp3) is 0.714. The van der Waals surface area contributed by atoms with Gasteiger partial charge in [0.1, 0.15) is 0 Å². The Bertz CT molecular complexity index is 249. The summed E-state index contributed by atoms with van der Waals surface area (Å²) in [5, 5.41) is 0. The van der Waals surface area contributed by atoms with E-state index in [2.05, 4.69) is 0 Å². The molecule has 76 valence electrons. The van der Waals surface area contributed by atoms with Gasteiger partial charge in [-0.15, -0.1) is 0 Å². The normalized spacial score (nSPS) is 29.5. The first-order valence-electron chi connectivity index (χ1n) is 3.38. The highest BCUT2D eigenvalue weighted by molar-refractivity contribution is 5.38. The fourth-order valence-corrected chi connectivity index (χ4v) is 1.14. The summed E-state index contributed by atoms with van der Waals surface area (Å²) in [6.07, 6.45) is 0. The average Bonchev–Trinajstić information content (AvgIpc) is 2.05. The van der Waals surface area contributed by atoms with E-state index in [0.29, 0.717) is 13.8 Å². The lowest BCUT2D eigenvalue weighted by Crippen LogP contribution is -2.48. The zero-order valence-electron chi connectivity index (χ0n) is 6.77. The topological polar surface area (TPSA) is 0 Å². The second-order valence-corrected chi connectivity index (χ2v) is 2.97. The monoisotopic (exact) mass is 204 g/mol. The first-order valence-corrected chi connectivity index (χ1v) is 3.38. The maximum absolute atomic E-state index is 12.6. The van der Waals surface area contributed by atoms with Gasteiger partial charge < -0.3 is 0 Å². The van der Waals surface area contributed by atoms with Crippen molar-refractivity contribution < 1.29 is 26.3 Å². The summed E-state index contributed by atoms with van der Waals surface area (Å²) in [7, 11) is 0. The molecule has 0 spiro atoms. The van der Waals surface area contributed by atoms with Crippen molar-refractivity contribution in [1.29, 1.82) is 0 Å². The van der Waals surface area contributed by atoms with Gasteiger partial charge in [-0.3, -0.25) is 0 Å². The van der Waals surface area contributed by atoms with E-state index in [1.54, 1.807) is 0 Å². The number of allylic oxidation sites excluding steroid dienone is 2. The van der Waals surface area contributed by atoms with E-state index in [-0.39, 0.29) is 0 Å². The third-order valence-electron chi connectivity index (χ3n) is 2.29. The van der Waals surface area contributed by atoms with E-state index < -0.39 is 28.9 Å². The molecule has 1 aliphatic rings. The van der Waals surface area contributed by atoms with Crippen molar-refractivity contribution in [2.45, 2.75) is 31.6 Å². The van der Waals surface area contributed by atoms with Gasteiger partial charge in [0.05, 0.1) is 0 Å². The Hall–Kier alpha value is -0.680. The largest absolute Gasteiger partial charge is 0.379 e. The molecule has 1 rings (SSSR count). The fourth-order valence-electron chi connectivity index (χ4n) is 1.14. The summed E-state index contributed by atoms with van der Waals surface area (Å²) in [6, 6.07) is 0. The van der Waals surface area contributed by atoms with Crippen molar-refractivity contribution in [1.82, 2.24) is 0 Å². The van der Waals surface area contributed by atoms with Crippen LogP contribution >= 0.6 is 0 Å². The van der Waals surface area contributed by atoms with Gasteiger partial charge in [-0.2, -0.15) is 26.3 Å². The molecule has 0 heterocycles. The van der Waals surface area contributed by atoms with E-state index in [1.165, 1.54) is 0 Å². The van der Waals surface area contributed by atoms with Gasteiger partial charge in [0.15, 0.2) is 0 Å². The Morgan fingerprint density at radius 3 is 1.00 bits per heavy atom. The second kappa shape index (κ2) is 2.22. The first kappa shape index (κ1) is 10.4. The standard InChI is InChI=1S/C7H6F6/c1-3-4(2)6(10,11)7(12,13)5(3,8)9/h1-2H3. The summed E-state index contributed by atoms with van der Waals surface area (Å²) in [5.41, 5.74) is -2.50. The smallest absolute Gasteiger partial charge is 0.194 e. The maximum atomic E-state index is 12.6. The molecule has 0 bridgehead atoms. The maximum Gasteiger partial charge on any atom is 0.379 e. The van der Waals surface area contributed by atoms with Crippen molar-refractivity contribution >= 4 is 0 Å². The van der Waals surface area contributed by atoms with Gasteiger partial charge in [-0.05, 0) is 13.8 Å². The Morgan fingerprint density at radius 1 is 0.692 bits per heavy atom. The predicted molar refractivity (Wildman–Crippen MR) is 33.2 cm³/mol. The lowest BCUT2D eigenvalue weighted by Gasteiger charge is -2.24. The molecule has 0 saturated carbocycles. The van der Waals surface area contributed by atoms with E-state index in [9.17, 15) is 26.3 Å². The van der Waals surface area contributed by atoms with Gasteiger partial charge in [-0.25, -0.2) is 0 Å². The number of hydrogen-bond acceptors (Lipinski definition) is 0. The van der Waals surface area contributed by atoms with Crippen LogP contribution in [0.25, 0.3) is 0 Å². The van der Waals surface area contributed by atoms with Gasteiger partial charge in [-0.1, -0.05) is 0 Å². The minimum absolute atomic E-state index is 0.587. The Kier molecular flexibility index (Phi) is 1.77. The summed E-state index contributed by atoms with van der Waals surface area (Å²) < 4.78 is 75.2. The minimum atomic E-state index is -5.31. The SMILES string of the molecule is CC1=C(C)C(F)(F)C(F)(F)C1(F)F. The lowest BCUT2D eigenvalue weighted by molar-refractivity contribution is -0.264. The molecule has 0 saturated heterocycles. The van der Waals surface area contributed by atoms with Gasteiger partial charge in [0, 0.05) is 11.1 Å². The van der Waals surface area contributed by atoms with Crippen molar-refractivity contribution in [3.63, 3.8) is 0 Å². The molecule has 0 aromatic rings. The molecule has 0 aromatic carbocycles. The van der Waals surface area contributed by atoms with Crippen LogP contribution in [0.15, 0.2) is 11.1 Å². The Morgan fingerprint density at radius 2 is 0.923 bits per heavy atom. The van der Waals surface area contributed by atoms with Crippen molar-refractivity contribution in [3.05, 3.63) is 11.1 Å². The molecule has 0 unspecified atom stereocenters. The van der Waals surface area contributed by atoms with Gasteiger partial charge in [0.25, 0.3) is 0 Å². The third kappa shape index (κ3) is 0.886. The number of halogens is 6. The molecule has 0 aromatic heterocycles. The van der Waals surface area contributed by atoms with E-state index in [0.717, 1.165) is 0 Å². The summed E-state index contributed by atoms with van der Waals surface area (Å²) in [5.74, 6) is -14.8. The molecule has 0 radical (unpaired) electrons. The highest BCUT2D eigenvalue weighted by atomic mass is 19.3. The molecule has 0 aliphatic heterocycles. The highest BCUT2D eigenvalue weighted by Crippen LogP contribution is 2.58. The molecular weight excluding hydrogens is 198 g/mol. The van der Waals surface area contributed by atoms with Crippen LogP contribution in [-0.4, -0.2) is 17.8 Å². The molecule has 0 amide bonds. The molecule has 0 atom stereocenters. The third-order valence-corrected chi connectivity index (χ3v) is 2.29. The molecule has 0 N–H and O–H groups in total. The van der Waals surface area contributed by atoms with E-state index >= 15 is 0 Å². The van der Waals surface area contributed by atoms with Crippen LogP contribution in [0.5, 0.6) is 0 Å². The highest BCUT2D eigenvalue weighted by Gasteiger charge is 2.77. The predicted octanol–water partition coefficient (Wildman–Crippen LogP) is 3.24. The molecule has 0 fully saturated rings. The van der Waals surface area contributed by atoms with Crippen LogP contribution in [-0.2, 0) is 0 Å². The summed E-state index contributed by atoms with van der Waals surface area (Å²) in [6.45, 7) is 1.17. The zero-order valence-corrected chi connectivity index (χ0v) is 6.77. The molecular formula is C7H6F6. The van der Waals surface area contributed by atoms with Crippen LogP contribution in [0.2, 0.25) is 0 Å². The summed E-state index contributed by atoms with van der Waals surface area (Å²) in [4.78, 5) is 0. The molecule has 0 nitrogen and oxygen atoms in total. The Balaban J connectivity index is 3.39. The van der Waals surface area contributed by atoms with E-state index in [4.69, 9.17) is 0 Å². The van der Waals surface area contributed by atoms with Crippen LogP contribution in [0, 0.1) is 0 Å². The molecule has 1 aliphatic carbocycles. The van der Waals surface area contributed by atoms with Crippen LogP contribution in [0.1, 0.15) is 13.8 Å². The van der Waals surface area contributed by atoms with Crippen LogP contribution in [0.3, 0.4) is 0 Å². The Labute approximate surface area is 70.2 Å². The van der Waals surface area contributed by atoms with Gasteiger partial charge in [0.2, 0.25) is 0 Å². The average molecular weight is 204 g/mol. The minimum Gasteiger partial charge on any atom is -0.194 e. The zero-order chi connectivity index (χ0) is 10.7. The van der Waals surface area contributed by atoms with Crippen LogP contribution in [0.4, 0.5) is 26.3 Å². The quantitative estimate of drug-likeness (QED) is 0.419. The van der Waals surface area contributed by atoms with Crippen LogP contribution < -0.4 is 0 Å². The summed E-state index contributed by atoms with van der Waals surface area (Å²) >= 11 is 0. The van der Waals surface area contributed by atoms with Crippen molar-refractivity contribution in [3.8, 4) is 0 Å². The number of hydrogen-bond donors (Lipinski definition) is 0. The van der Waals surface area contributed by atoms with Crippen molar-refractivity contribution in [2.75, 3.05) is 0 Å². The number of rotatable bonds is 0. The first-order chi connectivity index (χ1) is 5.57. The lowest BCUT2D eigenvalue weighted by atomic mass is 10.1.